The number of halogens is 1. The molecule has 12 heteroatoms. The van der Waals surface area contributed by atoms with Crippen LogP contribution in [0.1, 0.15) is 40.7 Å². The summed E-state index contributed by atoms with van der Waals surface area (Å²) >= 11 is 0. The number of nitrogens with zero attached hydrogens (tertiary/aromatic N) is 6. The van der Waals surface area contributed by atoms with Gasteiger partial charge in [-0.3, -0.25) is 9.78 Å². The molecule has 0 saturated carbocycles. The predicted molar refractivity (Wildman–Crippen MR) is 173 cm³/mol. The Kier molecular flexibility index (Phi) is 7.65. The fraction of sp³-hybridized carbons (Fsp3) is 0.206. The third-order valence-corrected chi connectivity index (χ3v) is 9.97. The topological polar surface area (TPSA) is 123 Å². The maximum atomic E-state index is 15.8. The minimum atomic E-state index is -4.10. The lowest BCUT2D eigenvalue weighted by atomic mass is 10.0. The Hall–Kier alpha value is -5.23. The molecule has 4 aromatic heterocycles. The monoisotopic (exact) mass is 635 g/mol. The number of aromatic nitrogens is 5. The van der Waals surface area contributed by atoms with Crippen molar-refractivity contribution in [3.05, 3.63) is 108 Å². The number of amides is 1. The number of benzene rings is 2. The van der Waals surface area contributed by atoms with Gasteiger partial charge in [0, 0.05) is 78.2 Å². The van der Waals surface area contributed by atoms with Gasteiger partial charge in [0.05, 0.1) is 10.5 Å². The van der Waals surface area contributed by atoms with Crippen LogP contribution in [0.5, 0.6) is 0 Å². The quantitative estimate of drug-likeness (QED) is 0.239. The molecule has 0 atom stereocenters. The first-order valence-corrected chi connectivity index (χ1v) is 16.4. The zero-order valence-corrected chi connectivity index (χ0v) is 25.8. The number of anilines is 1. The molecule has 2 aromatic carbocycles. The Labute approximate surface area is 265 Å². The molecule has 7 rings (SSSR count). The second kappa shape index (κ2) is 11.9. The average molecular weight is 636 g/mol. The molecular formula is C34H30FN7O3S. The lowest BCUT2D eigenvalue weighted by Crippen LogP contribution is -2.29. The van der Waals surface area contributed by atoms with Crippen LogP contribution in [0.2, 0.25) is 0 Å². The molecule has 6 aromatic rings. The van der Waals surface area contributed by atoms with Gasteiger partial charge in [-0.15, -0.1) is 0 Å². The highest BCUT2D eigenvalue weighted by molar-refractivity contribution is 7.90. The van der Waals surface area contributed by atoms with E-state index >= 15 is 4.39 Å². The maximum absolute atomic E-state index is 15.8. The molecule has 5 heterocycles. The van der Waals surface area contributed by atoms with Gasteiger partial charge in [-0.2, -0.15) is 0 Å². The Morgan fingerprint density at radius 3 is 2.46 bits per heavy atom. The fourth-order valence-electron chi connectivity index (χ4n) is 5.91. The highest BCUT2D eigenvalue weighted by Crippen LogP contribution is 2.37. The molecule has 1 amide bonds. The first kappa shape index (κ1) is 29.5. The number of fused-ring (bicyclic) bond motifs is 2. The van der Waals surface area contributed by atoms with Crippen LogP contribution in [0.3, 0.4) is 0 Å². The van der Waals surface area contributed by atoms with E-state index in [4.69, 9.17) is 0 Å². The Morgan fingerprint density at radius 1 is 0.935 bits per heavy atom. The van der Waals surface area contributed by atoms with Crippen molar-refractivity contribution in [1.29, 1.82) is 0 Å². The van der Waals surface area contributed by atoms with Gasteiger partial charge in [0.15, 0.2) is 5.65 Å². The van der Waals surface area contributed by atoms with Crippen molar-refractivity contribution in [2.75, 3.05) is 18.0 Å². The van der Waals surface area contributed by atoms with Gasteiger partial charge < -0.3 is 10.2 Å². The third-order valence-electron chi connectivity index (χ3n) is 8.30. The van der Waals surface area contributed by atoms with Crippen molar-refractivity contribution < 1.29 is 17.6 Å². The summed E-state index contributed by atoms with van der Waals surface area (Å²) in [6.07, 6.45) is 12.3. The Bertz CT molecular complexity index is 2200. The van der Waals surface area contributed by atoms with Gasteiger partial charge in [0.2, 0.25) is 0 Å². The smallest absolute Gasteiger partial charge is 0.269 e. The first-order valence-electron chi connectivity index (χ1n) is 15.0. The van der Waals surface area contributed by atoms with E-state index in [-0.39, 0.29) is 28.2 Å². The van der Waals surface area contributed by atoms with E-state index in [9.17, 15) is 13.2 Å². The Balaban J connectivity index is 1.39. The molecule has 1 fully saturated rings. The number of rotatable bonds is 7. The lowest BCUT2D eigenvalue weighted by Gasteiger charge is -2.29. The molecule has 1 saturated heterocycles. The van der Waals surface area contributed by atoms with E-state index in [0.29, 0.717) is 27.5 Å². The van der Waals surface area contributed by atoms with Gasteiger partial charge >= 0.3 is 0 Å². The van der Waals surface area contributed by atoms with E-state index in [1.165, 1.54) is 36.9 Å². The van der Waals surface area contributed by atoms with E-state index in [1.807, 2.05) is 19.1 Å². The van der Waals surface area contributed by atoms with Crippen LogP contribution < -0.4 is 10.2 Å². The summed E-state index contributed by atoms with van der Waals surface area (Å²) in [4.78, 5) is 32.3. The number of hydrogen-bond donors (Lipinski definition) is 1. The zero-order valence-electron chi connectivity index (χ0n) is 25.0. The van der Waals surface area contributed by atoms with Crippen LogP contribution in [0.15, 0.2) is 90.7 Å². The molecule has 232 valence electrons. The number of carbonyl (C=O) groups excluding carboxylic acids is 1. The third kappa shape index (κ3) is 5.45. The molecule has 0 bridgehead atoms. The molecule has 10 nitrogen and oxygen atoms in total. The largest absolute Gasteiger partial charge is 0.371 e. The first-order chi connectivity index (χ1) is 22.3. The Morgan fingerprint density at radius 2 is 1.70 bits per heavy atom. The summed E-state index contributed by atoms with van der Waals surface area (Å²) in [5.41, 5.74) is 3.94. The molecular weight excluding hydrogens is 605 g/mol. The second-order valence-corrected chi connectivity index (χ2v) is 13.2. The standard InChI is InChI=1S/C34H30FN7O3S/c1-22-5-7-26(8-6-22)46(44,45)42-20-29(27-14-25(19-39-33(27)42)34(43)40-18-23-16-36-21-37-17-23)24-13-28-31(41-11-3-2-4-12-41)9-10-38-32(28)30(35)15-24/h5-10,13-17,19-21H,2-4,11-12,18H2,1H3,(H,40,43). The van der Waals surface area contributed by atoms with Gasteiger partial charge in [0.25, 0.3) is 15.9 Å². The zero-order chi connectivity index (χ0) is 31.8. The summed E-state index contributed by atoms with van der Waals surface area (Å²) in [6.45, 7) is 3.78. The fourth-order valence-corrected chi connectivity index (χ4v) is 7.23. The maximum Gasteiger partial charge on any atom is 0.269 e. The van der Waals surface area contributed by atoms with E-state index < -0.39 is 21.7 Å². The number of hydrogen-bond acceptors (Lipinski definition) is 8. The van der Waals surface area contributed by atoms with Crippen LogP contribution >= 0.6 is 0 Å². The number of aryl methyl sites for hydroxylation is 1. The van der Waals surface area contributed by atoms with Gasteiger partial charge in [-0.05, 0) is 68.1 Å². The lowest BCUT2D eigenvalue weighted by molar-refractivity contribution is 0.0950. The molecule has 0 unspecified atom stereocenters. The highest BCUT2D eigenvalue weighted by Gasteiger charge is 2.25. The van der Waals surface area contributed by atoms with Crippen molar-refractivity contribution in [1.82, 2.24) is 29.2 Å². The van der Waals surface area contributed by atoms with Gasteiger partial charge in [-0.1, -0.05) is 17.7 Å². The number of pyridine rings is 2. The highest BCUT2D eigenvalue weighted by atomic mass is 32.2. The SMILES string of the molecule is Cc1ccc(S(=O)(=O)n2cc(-c3cc(F)c4nccc(N5CCCCC5)c4c3)c3cc(C(=O)NCc4cncnc4)cnc32)cc1. The van der Waals surface area contributed by atoms with Crippen molar-refractivity contribution in [2.24, 2.45) is 0 Å². The normalized spacial score (nSPS) is 13.7. The molecule has 0 spiro atoms. The second-order valence-electron chi connectivity index (χ2n) is 11.4. The predicted octanol–water partition coefficient (Wildman–Crippen LogP) is 5.65. The summed E-state index contributed by atoms with van der Waals surface area (Å²) in [6, 6.07) is 13.2. The van der Waals surface area contributed by atoms with Crippen LogP contribution in [0.4, 0.5) is 10.1 Å². The van der Waals surface area contributed by atoms with Crippen molar-refractivity contribution in [3.8, 4) is 11.1 Å². The summed E-state index contributed by atoms with van der Waals surface area (Å²) in [7, 11) is -4.10. The summed E-state index contributed by atoms with van der Waals surface area (Å²) in [5.74, 6) is -0.944. The minimum absolute atomic E-state index is 0.0801. The van der Waals surface area contributed by atoms with E-state index in [2.05, 4.69) is 30.2 Å². The molecule has 1 aliphatic rings. The van der Waals surface area contributed by atoms with Crippen LogP contribution in [-0.4, -0.2) is 51.3 Å². The molecule has 46 heavy (non-hydrogen) atoms. The molecule has 0 aliphatic carbocycles. The van der Waals surface area contributed by atoms with Gasteiger partial charge in [0.1, 0.15) is 17.7 Å². The number of carbonyl (C=O) groups is 1. The van der Waals surface area contributed by atoms with E-state index in [1.54, 1.807) is 36.8 Å². The minimum Gasteiger partial charge on any atom is -0.371 e. The van der Waals surface area contributed by atoms with Crippen molar-refractivity contribution in [2.45, 2.75) is 37.6 Å². The van der Waals surface area contributed by atoms with E-state index in [0.717, 1.165) is 47.6 Å². The average Bonchev–Trinajstić information content (AvgIpc) is 3.48. The summed E-state index contributed by atoms with van der Waals surface area (Å²) in [5, 5.41) is 3.84. The van der Waals surface area contributed by atoms with Gasteiger partial charge in [-0.25, -0.2) is 31.7 Å². The number of piperidine rings is 1. The number of nitrogens with one attached hydrogen (secondary N) is 1. The van der Waals surface area contributed by atoms with Crippen LogP contribution in [-0.2, 0) is 16.6 Å². The van der Waals surface area contributed by atoms with Crippen molar-refractivity contribution in [3.63, 3.8) is 0 Å². The molecule has 1 aliphatic heterocycles. The van der Waals surface area contributed by atoms with Crippen LogP contribution in [0.25, 0.3) is 33.1 Å². The molecule has 0 radical (unpaired) electrons. The molecule has 1 N–H and O–H groups in total. The van der Waals surface area contributed by atoms with Crippen molar-refractivity contribution >= 4 is 43.6 Å². The summed E-state index contributed by atoms with van der Waals surface area (Å²) < 4.78 is 44.8. The van der Waals surface area contributed by atoms with Crippen LogP contribution in [0, 0.1) is 12.7 Å².